The number of nitrogens with one attached hydrogen (secondary N) is 2. The van der Waals surface area contributed by atoms with E-state index in [9.17, 15) is 4.79 Å². The van der Waals surface area contributed by atoms with Crippen molar-refractivity contribution in [3.8, 4) is 0 Å². The van der Waals surface area contributed by atoms with Crippen LogP contribution in [-0.2, 0) is 12.8 Å². The van der Waals surface area contributed by atoms with Gasteiger partial charge in [0.15, 0.2) is 0 Å². The first-order chi connectivity index (χ1) is 13.1. The van der Waals surface area contributed by atoms with Gasteiger partial charge in [-0.15, -0.1) is 0 Å². The van der Waals surface area contributed by atoms with Crippen LogP contribution in [0, 0.1) is 0 Å². The lowest BCUT2D eigenvalue weighted by Gasteiger charge is -2.15. The first kappa shape index (κ1) is 18.4. The van der Waals surface area contributed by atoms with Crippen molar-refractivity contribution >= 4 is 29.1 Å². The molecular weight excluding hydrogens is 340 g/mol. The molecule has 6 heteroatoms. The maximum Gasteiger partial charge on any atom is 0.335 e. The standard InChI is InChI=1S/C21H22N4O2/c1-3-14-7-5-8-15(4-2)19(14)25-21-22-12-11-18(24-21)23-17-10-6-9-16(13-17)20(26)27/h5-13H,3-4H2,1-2H3,(H,26,27)(H2,22,23,24,25). The van der Waals surface area contributed by atoms with Crippen molar-refractivity contribution in [2.75, 3.05) is 10.6 Å². The van der Waals surface area contributed by atoms with Crippen LogP contribution in [0.15, 0.2) is 54.7 Å². The summed E-state index contributed by atoms with van der Waals surface area (Å²) in [6, 6.07) is 14.6. The minimum Gasteiger partial charge on any atom is -0.478 e. The summed E-state index contributed by atoms with van der Waals surface area (Å²) in [5.41, 5.74) is 4.35. The lowest BCUT2D eigenvalue weighted by Crippen LogP contribution is -2.05. The van der Waals surface area contributed by atoms with Crippen molar-refractivity contribution in [1.29, 1.82) is 0 Å². The van der Waals surface area contributed by atoms with Crippen molar-refractivity contribution in [2.24, 2.45) is 0 Å². The SMILES string of the molecule is CCc1cccc(CC)c1Nc1nccc(Nc2cccc(C(=O)O)c2)n1. The van der Waals surface area contributed by atoms with Crippen molar-refractivity contribution in [2.45, 2.75) is 26.7 Å². The van der Waals surface area contributed by atoms with E-state index in [2.05, 4.69) is 52.6 Å². The molecule has 3 rings (SSSR count). The number of rotatable bonds is 7. The summed E-state index contributed by atoms with van der Waals surface area (Å²) in [5, 5.41) is 15.6. The van der Waals surface area contributed by atoms with Gasteiger partial charge in [0.2, 0.25) is 5.95 Å². The topological polar surface area (TPSA) is 87.1 Å². The Labute approximate surface area is 158 Å². The van der Waals surface area contributed by atoms with Crippen molar-refractivity contribution in [3.63, 3.8) is 0 Å². The number of aryl methyl sites for hydroxylation is 2. The molecule has 0 fully saturated rings. The van der Waals surface area contributed by atoms with Gasteiger partial charge in [0.1, 0.15) is 5.82 Å². The van der Waals surface area contributed by atoms with Crippen LogP contribution in [0.25, 0.3) is 0 Å². The molecule has 0 spiro atoms. The van der Waals surface area contributed by atoms with E-state index in [4.69, 9.17) is 5.11 Å². The summed E-state index contributed by atoms with van der Waals surface area (Å²) in [5.74, 6) is 0.110. The van der Waals surface area contributed by atoms with E-state index >= 15 is 0 Å². The number of hydrogen-bond donors (Lipinski definition) is 3. The molecule has 0 saturated carbocycles. The molecule has 3 N–H and O–H groups in total. The van der Waals surface area contributed by atoms with Crippen LogP contribution in [0.5, 0.6) is 0 Å². The highest BCUT2D eigenvalue weighted by molar-refractivity contribution is 5.89. The summed E-state index contributed by atoms with van der Waals surface area (Å²) in [7, 11) is 0. The number of benzene rings is 2. The Bertz CT molecular complexity index is 934. The zero-order valence-corrected chi connectivity index (χ0v) is 15.4. The zero-order chi connectivity index (χ0) is 19.2. The largest absolute Gasteiger partial charge is 0.478 e. The van der Waals surface area contributed by atoms with Crippen LogP contribution < -0.4 is 10.6 Å². The van der Waals surface area contributed by atoms with Crippen LogP contribution in [-0.4, -0.2) is 21.0 Å². The molecule has 0 aliphatic rings. The molecule has 0 atom stereocenters. The van der Waals surface area contributed by atoms with Crippen molar-refractivity contribution in [3.05, 3.63) is 71.4 Å². The average molecular weight is 362 g/mol. The van der Waals surface area contributed by atoms with Gasteiger partial charge in [0, 0.05) is 17.6 Å². The first-order valence-electron chi connectivity index (χ1n) is 8.92. The Balaban J connectivity index is 1.85. The summed E-state index contributed by atoms with van der Waals surface area (Å²) >= 11 is 0. The van der Waals surface area contributed by atoms with Crippen LogP contribution in [0.2, 0.25) is 0 Å². The van der Waals surface area contributed by atoms with Crippen molar-refractivity contribution < 1.29 is 9.90 Å². The lowest BCUT2D eigenvalue weighted by molar-refractivity contribution is 0.0697. The van der Waals surface area contributed by atoms with Crippen LogP contribution in [0.3, 0.4) is 0 Å². The lowest BCUT2D eigenvalue weighted by atomic mass is 10.0. The summed E-state index contributed by atoms with van der Waals surface area (Å²) in [4.78, 5) is 19.9. The number of hydrogen-bond acceptors (Lipinski definition) is 5. The van der Waals surface area contributed by atoms with E-state index < -0.39 is 5.97 Å². The van der Waals surface area contributed by atoms with Crippen molar-refractivity contribution in [1.82, 2.24) is 9.97 Å². The summed E-state index contributed by atoms with van der Waals surface area (Å²) in [6.45, 7) is 4.24. The molecule has 0 aliphatic heterocycles. The third kappa shape index (κ3) is 4.41. The van der Waals surface area contributed by atoms with Gasteiger partial charge in [-0.1, -0.05) is 38.1 Å². The fourth-order valence-electron chi connectivity index (χ4n) is 2.88. The average Bonchev–Trinajstić information content (AvgIpc) is 2.68. The third-order valence-electron chi connectivity index (χ3n) is 4.27. The molecule has 0 saturated heterocycles. The predicted molar refractivity (Wildman–Crippen MR) is 107 cm³/mol. The number of aromatic carboxylic acids is 1. The number of anilines is 4. The number of carboxylic acid groups (broad SMARTS) is 1. The van der Waals surface area contributed by atoms with E-state index in [1.807, 2.05) is 0 Å². The van der Waals surface area contributed by atoms with E-state index in [-0.39, 0.29) is 5.56 Å². The Kier molecular flexibility index (Phi) is 5.66. The monoisotopic (exact) mass is 362 g/mol. The maximum absolute atomic E-state index is 11.1. The molecule has 0 bridgehead atoms. The normalized spacial score (nSPS) is 10.4. The molecule has 138 valence electrons. The second-order valence-electron chi connectivity index (χ2n) is 6.06. The van der Waals surface area contributed by atoms with Gasteiger partial charge >= 0.3 is 5.97 Å². The van der Waals surface area contributed by atoms with Gasteiger partial charge in [0.05, 0.1) is 5.56 Å². The Morgan fingerprint density at radius 1 is 1.00 bits per heavy atom. The minimum atomic E-state index is -0.966. The molecule has 1 heterocycles. The maximum atomic E-state index is 11.1. The summed E-state index contributed by atoms with van der Waals surface area (Å²) < 4.78 is 0. The van der Waals surface area contributed by atoms with Gasteiger partial charge in [-0.2, -0.15) is 4.98 Å². The van der Waals surface area contributed by atoms with E-state index in [0.29, 0.717) is 17.5 Å². The molecule has 0 aliphatic carbocycles. The van der Waals surface area contributed by atoms with Gasteiger partial charge in [-0.3, -0.25) is 0 Å². The second-order valence-corrected chi connectivity index (χ2v) is 6.06. The molecule has 0 radical (unpaired) electrons. The zero-order valence-electron chi connectivity index (χ0n) is 15.4. The minimum absolute atomic E-state index is 0.219. The molecule has 1 aromatic heterocycles. The Morgan fingerprint density at radius 3 is 2.37 bits per heavy atom. The van der Waals surface area contributed by atoms with Gasteiger partial charge < -0.3 is 15.7 Å². The molecular formula is C21H22N4O2. The van der Waals surface area contributed by atoms with Crippen LogP contribution in [0.4, 0.5) is 23.1 Å². The third-order valence-corrected chi connectivity index (χ3v) is 4.27. The van der Waals surface area contributed by atoms with E-state index in [0.717, 1.165) is 18.5 Å². The Hall–Kier alpha value is -3.41. The number of aromatic nitrogens is 2. The quantitative estimate of drug-likeness (QED) is 0.560. The molecule has 0 amide bonds. The molecule has 2 aromatic carbocycles. The van der Waals surface area contributed by atoms with Crippen LogP contribution >= 0.6 is 0 Å². The number of para-hydroxylation sites is 1. The second kappa shape index (κ2) is 8.31. The summed E-state index contributed by atoms with van der Waals surface area (Å²) in [6.07, 6.45) is 3.49. The number of carboxylic acids is 1. The van der Waals surface area contributed by atoms with Crippen LogP contribution in [0.1, 0.15) is 35.3 Å². The molecule has 27 heavy (non-hydrogen) atoms. The fourth-order valence-corrected chi connectivity index (χ4v) is 2.88. The van der Waals surface area contributed by atoms with Gasteiger partial charge in [-0.05, 0) is 48.2 Å². The molecule has 0 unspecified atom stereocenters. The highest BCUT2D eigenvalue weighted by Gasteiger charge is 2.09. The highest BCUT2D eigenvalue weighted by Crippen LogP contribution is 2.26. The molecule has 6 nitrogen and oxygen atoms in total. The Morgan fingerprint density at radius 2 is 1.70 bits per heavy atom. The molecule has 3 aromatic rings. The van der Waals surface area contributed by atoms with E-state index in [1.165, 1.54) is 11.1 Å². The number of nitrogens with zero attached hydrogens (tertiary/aromatic N) is 2. The van der Waals surface area contributed by atoms with Gasteiger partial charge in [-0.25, -0.2) is 9.78 Å². The van der Waals surface area contributed by atoms with Gasteiger partial charge in [0.25, 0.3) is 0 Å². The van der Waals surface area contributed by atoms with E-state index in [1.54, 1.807) is 36.5 Å². The first-order valence-corrected chi connectivity index (χ1v) is 8.92. The highest BCUT2D eigenvalue weighted by atomic mass is 16.4. The smallest absolute Gasteiger partial charge is 0.335 e. The fraction of sp³-hybridized carbons (Fsp3) is 0.190. The predicted octanol–water partition coefficient (Wildman–Crippen LogP) is 4.79. The number of carbonyl (C=O) groups is 1.